The number of nitrogens with one attached hydrogen (secondary N) is 1. The van der Waals surface area contributed by atoms with Gasteiger partial charge in [-0.25, -0.2) is 0 Å². The van der Waals surface area contributed by atoms with E-state index in [4.69, 9.17) is 0 Å². The highest BCUT2D eigenvalue weighted by atomic mass is 16.3. The third kappa shape index (κ3) is 2.94. The van der Waals surface area contributed by atoms with E-state index >= 15 is 0 Å². The molecule has 2 aliphatic rings. The Balaban J connectivity index is 1.85. The van der Waals surface area contributed by atoms with E-state index in [1.165, 1.54) is 25.7 Å². The van der Waals surface area contributed by atoms with Gasteiger partial charge in [0.2, 0.25) is 0 Å². The Morgan fingerprint density at radius 1 is 1.13 bits per heavy atom. The molecule has 0 aromatic carbocycles. The van der Waals surface area contributed by atoms with E-state index in [2.05, 4.69) is 19.2 Å². The molecule has 2 nitrogen and oxygen atoms in total. The van der Waals surface area contributed by atoms with Gasteiger partial charge in [0.1, 0.15) is 0 Å². The minimum absolute atomic E-state index is 0.0537. The molecule has 2 fully saturated rings. The summed E-state index contributed by atoms with van der Waals surface area (Å²) < 4.78 is 0. The van der Waals surface area contributed by atoms with Crippen LogP contribution in [0.25, 0.3) is 0 Å². The Morgan fingerprint density at radius 3 is 2.20 bits per heavy atom. The topological polar surface area (TPSA) is 32.3 Å². The molecular weight excluding hydrogens is 186 g/mol. The third-order valence-electron chi connectivity index (χ3n) is 4.33. The summed E-state index contributed by atoms with van der Waals surface area (Å²) in [5.74, 6) is 0.906. The second-order valence-corrected chi connectivity index (χ2v) is 6.43. The fourth-order valence-corrected chi connectivity index (χ4v) is 2.48. The van der Waals surface area contributed by atoms with Crippen LogP contribution in [-0.4, -0.2) is 23.8 Å². The molecule has 0 aromatic rings. The highest BCUT2D eigenvalue weighted by Gasteiger charge is 2.38. The monoisotopic (exact) mass is 211 g/mol. The summed E-state index contributed by atoms with van der Waals surface area (Å²) in [4.78, 5) is 0. The molecular formula is C13H25NO. The smallest absolute Gasteiger partial charge is 0.0613 e. The maximum Gasteiger partial charge on any atom is 0.0613 e. The Morgan fingerprint density at radius 2 is 1.73 bits per heavy atom. The van der Waals surface area contributed by atoms with Gasteiger partial charge in [-0.15, -0.1) is 0 Å². The van der Waals surface area contributed by atoms with Crippen LogP contribution in [0.15, 0.2) is 0 Å². The Hall–Kier alpha value is -0.0800. The van der Waals surface area contributed by atoms with Gasteiger partial charge in [-0.2, -0.15) is 0 Å². The summed E-state index contributed by atoms with van der Waals surface area (Å²) in [5.41, 5.74) is 0.540. The maximum absolute atomic E-state index is 9.58. The van der Waals surface area contributed by atoms with Gasteiger partial charge in [-0.1, -0.05) is 13.8 Å². The predicted octanol–water partition coefficient (Wildman–Crippen LogP) is 2.32. The molecule has 2 aliphatic carbocycles. The quantitative estimate of drug-likeness (QED) is 0.748. The molecule has 88 valence electrons. The molecule has 0 bridgehead atoms. The molecule has 0 heterocycles. The summed E-state index contributed by atoms with van der Waals surface area (Å²) in [6, 6.07) is 0. The van der Waals surface area contributed by atoms with Crippen LogP contribution >= 0.6 is 0 Å². The van der Waals surface area contributed by atoms with Gasteiger partial charge in [0.15, 0.2) is 0 Å². The first kappa shape index (κ1) is 11.4. The summed E-state index contributed by atoms with van der Waals surface area (Å²) in [5, 5.41) is 13.2. The van der Waals surface area contributed by atoms with Crippen molar-refractivity contribution in [2.24, 2.45) is 11.3 Å². The van der Waals surface area contributed by atoms with Crippen molar-refractivity contribution < 1.29 is 5.11 Å². The van der Waals surface area contributed by atoms with Crippen LogP contribution in [-0.2, 0) is 0 Å². The van der Waals surface area contributed by atoms with Gasteiger partial charge in [0, 0.05) is 5.54 Å². The number of aliphatic hydroxyl groups excluding tert-OH is 1. The van der Waals surface area contributed by atoms with E-state index in [0.717, 1.165) is 25.3 Å². The van der Waals surface area contributed by atoms with Gasteiger partial charge in [0.25, 0.3) is 0 Å². The maximum atomic E-state index is 9.58. The van der Waals surface area contributed by atoms with Gasteiger partial charge in [0.05, 0.1) is 6.61 Å². The fourth-order valence-electron chi connectivity index (χ4n) is 2.48. The predicted molar refractivity (Wildman–Crippen MR) is 62.8 cm³/mol. The van der Waals surface area contributed by atoms with E-state index in [-0.39, 0.29) is 5.54 Å². The lowest BCUT2D eigenvalue weighted by atomic mass is 9.69. The van der Waals surface area contributed by atoms with Gasteiger partial charge in [-0.3, -0.25) is 0 Å². The van der Waals surface area contributed by atoms with Crippen molar-refractivity contribution in [3.63, 3.8) is 0 Å². The normalized spacial score (nSPS) is 29.0. The van der Waals surface area contributed by atoms with E-state index in [9.17, 15) is 5.11 Å². The largest absolute Gasteiger partial charge is 0.394 e. The summed E-state index contributed by atoms with van der Waals surface area (Å²) in [7, 11) is 0. The average molecular weight is 211 g/mol. The van der Waals surface area contributed by atoms with Crippen molar-refractivity contribution in [1.82, 2.24) is 5.32 Å². The molecule has 0 atom stereocenters. The molecule has 2 rings (SSSR count). The first-order valence-electron chi connectivity index (χ1n) is 6.41. The first-order valence-corrected chi connectivity index (χ1v) is 6.41. The minimum atomic E-state index is 0.0537. The Bertz CT molecular complexity index is 205. The molecule has 0 saturated heterocycles. The van der Waals surface area contributed by atoms with Gasteiger partial charge >= 0.3 is 0 Å². The van der Waals surface area contributed by atoms with E-state index in [1.54, 1.807) is 0 Å². The second kappa shape index (κ2) is 4.06. The molecule has 0 amide bonds. The fraction of sp³-hybridized carbons (Fsp3) is 1.00. The summed E-state index contributed by atoms with van der Waals surface area (Å²) in [6.07, 6.45) is 7.54. The van der Waals surface area contributed by atoms with Crippen molar-refractivity contribution in [1.29, 1.82) is 0 Å². The molecule has 2 N–H and O–H groups in total. The summed E-state index contributed by atoms with van der Waals surface area (Å²) >= 11 is 0. The van der Waals surface area contributed by atoms with Crippen LogP contribution in [0.5, 0.6) is 0 Å². The molecule has 0 radical (unpaired) electrons. The molecule has 15 heavy (non-hydrogen) atoms. The molecule has 2 saturated carbocycles. The summed E-state index contributed by atoms with van der Waals surface area (Å²) in [6.45, 7) is 6.13. The van der Waals surface area contributed by atoms with Crippen molar-refractivity contribution in [2.45, 2.75) is 57.9 Å². The Labute approximate surface area is 93.5 Å². The minimum Gasteiger partial charge on any atom is -0.394 e. The van der Waals surface area contributed by atoms with Crippen molar-refractivity contribution in [3.8, 4) is 0 Å². The van der Waals surface area contributed by atoms with Gasteiger partial charge in [-0.05, 0) is 56.4 Å². The van der Waals surface area contributed by atoms with E-state index < -0.39 is 0 Å². The molecule has 0 aliphatic heterocycles. The second-order valence-electron chi connectivity index (χ2n) is 6.43. The Kier molecular flexibility index (Phi) is 3.09. The number of hydrogen-bond acceptors (Lipinski definition) is 2. The van der Waals surface area contributed by atoms with E-state index in [1.807, 2.05) is 0 Å². The van der Waals surface area contributed by atoms with Gasteiger partial charge < -0.3 is 10.4 Å². The zero-order valence-corrected chi connectivity index (χ0v) is 10.2. The standard InChI is InChI=1S/C13H25NO/c1-12(2)5-7-13(10-15,8-6-12)14-9-11-3-4-11/h11,14-15H,3-10H2,1-2H3. The van der Waals surface area contributed by atoms with Crippen molar-refractivity contribution in [2.75, 3.05) is 13.2 Å². The highest BCUT2D eigenvalue weighted by Crippen LogP contribution is 2.40. The van der Waals surface area contributed by atoms with Crippen LogP contribution in [0.4, 0.5) is 0 Å². The lowest BCUT2D eigenvalue weighted by Gasteiger charge is -2.43. The van der Waals surface area contributed by atoms with Crippen molar-refractivity contribution >= 4 is 0 Å². The zero-order chi connectivity index (χ0) is 10.9. The molecule has 0 spiro atoms. The number of rotatable bonds is 4. The third-order valence-corrected chi connectivity index (χ3v) is 4.33. The number of hydrogen-bond donors (Lipinski definition) is 2. The van der Waals surface area contributed by atoms with Crippen LogP contribution in [0, 0.1) is 11.3 Å². The van der Waals surface area contributed by atoms with Crippen LogP contribution in [0.2, 0.25) is 0 Å². The first-order chi connectivity index (χ1) is 7.05. The van der Waals surface area contributed by atoms with Crippen LogP contribution < -0.4 is 5.32 Å². The molecule has 2 heteroatoms. The molecule has 0 unspecified atom stereocenters. The molecule has 0 aromatic heterocycles. The zero-order valence-electron chi connectivity index (χ0n) is 10.2. The highest BCUT2D eigenvalue weighted by molar-refractivity contribution is 4.96. The van der Waals surface area contributed by atoms with Crippen LogP contribution in [0.1, 0.15) is 52.4 Å². The van der Waals surface area contributed by atoms with Crippen molar-refractivity contribution in [3.05, 3.63) is 0 Å². The lowest BCUT2D eigenvalue weighted by Crippen LogP contribution is -2.52. The number of aliphatic hydroxyl groups is 1. The SMILES string of the molecule is CC1(C)CCC(CO)(NCC2CC2)CC1. The van der Waals surface area contributed by atoms with Crippen LogP contribution in [0.3, 0.4) is 0 Å². The van der Waals surface area contributed by atoms with E-state index in [0.29, 0.717) is 12.0 Å². The average Bonchev–Trinajstić information content (AvgIpc) is 3.01. The lowest BCUT2D eigenvalue weighted by molar-refractivity contribution is 0.0755.